The van der Waals surface area contributed by atoms with E-state index in [4.69, 9.17) is 4.74 Å². The molecule has 0 spiro atoms. The molecule has 0 bridgehead atoms. The number of hydrogen-bond donors (Lipinski definition) is 0. The van der Waals surface area contributed by atoms with E-state index in [2.05, 4.69) is 11.3 Å². The fourth-order valence-electron chi connectivity index (χ4n) is 2.26. The van der Waals surface area contributed by atoms with Gasteiger partial charge in [0.15, 0.2) is 0 Å². The summed E-state index contributed by atoms with van der Waals surface area (Å²) in [5, 5.41) is 0. The zero-order valence-electron chi connectivity index (χ0n) is 11.2. The molecular formula is C15H13F3O3. The summed E-state index contributed by atoms with van der Waals surface area (Å²) in [6, 6.07) is 7.17. The van der Waals surface area contributed by atoms with Crippen molar-refractivity contribution in [3.05, 3.63) is 59.9 Å². The molecule has 0 N–H and O–H groups in total. The summed E-state index contributed by atoms with van der Waals surface area (Å²) in [5.41, 5.74) is -2.85. The number of halogens is 3. The van der Waals surface area contributed by atoms with Crippen molar-refractivity contribution in [1.29, 1.82) is 0 Å². The Labute approximate surface area is 119 Å². The quantitative estimate of drug-likeness (QED) is 0.784. The molecule has 1 aromatic rings. The second-order valence-corrected chi connectivity index (χ2v) is 4.60. The van der Waals surface area contributed by atoms with Crippen LogP contribution in [-0.4, -0.2) is 19.3 Å². The first-order chi connectivity index (χ1) is 9.80. The van der Waals surface area contributed by atoms with Crippen LogP contribution in [0.15, 0.2) is 54.3 Å². The summed E-state index contributed by atoms with van der Waals surface area (Å²) in [4.78, 5) is 11.6. The minimum absolute atomic E-state index is 0.0897. The van der Waals surface area contributed by atoms with Crippen LogP contribution in [0, 0.1) is 0 Å². The zero-order valence-corrected chi connectivity index (χ0v) is 11.2. The van der Waals surface area contributed by atoms with Crippen molar-refractivity contribution in [2.24, 2.45) is 0 Å². The molecule has 0 fully saturated rings. The number of benzene rings is 1. The van der Waals surface area contributed by atoms with Crippen LogP contribution in [-0.2, 0) is 19.9 Å². The summed E-state index contributed by atoms with van der Waals surface area (Å²) < 4.78 is 50.5. The first-order valence-electron chi connectivity index (χ1n) is 6.09. The van der Waals surface area contributed by atoms with E-state index in [0.29, 0.717) is 0 Å². The monoisotopic (exact) mass is 298 g/mol. The van der Waals surface area contributed by atoms with Crippen LogP contribution in [0.5, 0.6) is 0 Å². The molecule has 6 heteroatoms. The lowest BCUT2D eigenvalue weighted by Crippen LogP contribution is -2.47. The molecule has 0 saturated carbocycles. The predicted molar refractivity (Wildman–Crippen MR) is 69.1 cm³/mol. The van der Waals surface area contributed by atoms with Gasteiger partial charge in [0.05, 0.1) is 7.11 Å². The number of methoxy groups -OCH3 is 1. The highest BCUT2D eigenvalue weighted by atomic mass is 19.4. The lowest BCUT2D eigenvalue weighted by molar-refractivity contribution is -0.273. The third-order valence-electron chi connectivity index (χ3n) is 3.23. The van der Waals surface area contributed by atoms with Gasteiger partial charge in [0.1, 0.15) is 5.76 Å². The Kier molecular flexibility index (Phi) is 3.80. The number of allylic oxidation sites excluding steroid dienone is 1. The second-order valence-electron chi connectivity index (χ2n) is 4.60. The van der Waals surface area contributed by atoms with Crippen molar-refractivity contribution in [3.8, 4) is 0 Å². The molecule has 1 atom stereocenters. The first-order valence-corrected chi connectivity index (χ1v) is 6.09. The topological polar surface area (TPSA) is 35.5 Å². The number of carbonyl (C=O) groups is 1. The molecule has 1 unspecified atom stereocenters. The highest BCUT2D eigenvalue weighted by Gasteiger charge is 2.60. The van der Waals surface area contributed by atoms with Gasteiger partial charge in [-0.15, -0.1) is 0 Å². The minimum Gasteiger partial charge on any atom is -0.473 e. The van der Waals surface area contributed by atoms with Gasteiger partial charge in [-0.25, -0.2) is 4.79 Å². The number of esters is 1. The predicted octanol–water partition coefficient (Wildman–Crippen LogP) is 3.48. The maximum absolute atomic E-state index is 13.7. The van der Waals surface area contributed by atoms with Gasteiger partial charge >= 0.3 is 12.1 Å². The molecule has 0 aromatic heterocycles. The van der Waals surface area contributed by atoms with Gasteiger partial charge in [-0.3, -0.25) is 0 Å². The van der Waals surface area contributed by atoms with Gasteiger partial charge in [0.2, 0.25) is 5.60 Å². The van der Waals surface area contributed by atoms with Gasteiger partial charge < -0.3 is 9.47 Å². The Balaban J connectivity index is 2.56. The Morgan fingerprint density at radius 2 is 1.95 bits per heavy atom. The summed E-state index contributed by atoms with van der Waals surface area (Å²) in [5.74, 6) is -1.06. The van der Waals surface area contributed by atoms with E-state index in [0.717, 1.165) is 7.11 Å². The van der Waals surface area contributed by atoms with Crippen molar-refractivity contribution >= 4 is 5.97 Å². The molecule has 0 radical (unpaired) electrons. The lowest BCUT2D eigenvalue weighted by Gasteiger charge is -2.39. The van der Waals surface area contributed by atoms with Crippen LogP contribution >= 0.6 is 0 Å². The average Bonchev–Trinajstić information content (AvgIpc) is 2.45. The van der Waals surface area contributed by atoms with Crippen LogP contribution in [0.1, 0.15) is 12.0 Å². The van der Waals surface area contributed by atoms with Crippen LogP contribution in [0.2, 0.25) is 0 Å². The van der Waals surface area contributed by atoms with Crippen molar-refractivity contribution < 1.29 is 27.4 Å². The normalized spacial score (nSPS) is 22.3. The van der Waals surface area contributed by atoms with Gasteiger partial charge in [0.25, 0.3) is 0 Å². The van der Waals surface area contributed by atoms with E-state index in [1.165, 1.54) is 30.3 Å². The molecular weight excluding hydrogens is 285 g/mol. The van der Waals surface area contributed by atoms with Gasteiger partial charge in [-0.05, 0) is 6.08 Å². The summed E-state index contributed by atoms with van der Waals surface area (Å²) in [7, 11) is 1.11. The molecule has 1 aliphatic heterocycles. The van der Waals surface area contributed by atoms with Crippen molar-refractivity contribution in [1.82, 2.24) is 0 Å². The van der Waals surface area contributed by atoms with Crippen LogP contribution in [0.4, 0.5) is 13.2 Å². The van der Waals surface area contributed by atoms with E-state index in [1.54, 1.807) is 6.07 Å². The van der Waals surface area contributed by atoms with Crippen LogP contribution in [0.25, 0.3) is 0 Å². The van der Waals surface area contributed by atoms with E-state index in [-0.39, 0.29) is 16.9 Å². The molecule has 2 rings (SSSR count). The third-order valence-corrected chi connectivity index (χ3v) is 3.23. The number of rotatable bonds is 2. The molecule has 1 aromatic carbocycles. The van der Waals surface area contributed by atoms with Crippen molar-refractivity contribution in [3.63, 3.8) is 0 Å². The third kappa shape index (κ3) is 2.66. The first kappa shape index (κ1) is 15.2. The lowest BCUT2D eigenvalue weighted by atomic mass is 9.84. The second kappa shape index (κ2) is 5.27. The fraction of sp³-hybridized carbons (Fsp3) is 0.267. The summed E-state index contributed by atoms with van der Waals surface area (Å²) >= 11 is 0. The molecule has 0 amide bonds. The SMILES string of the molecule is C=C1C=C(C(=O)OC)CC(c2ccccc2)(C(F)(F)F)O1. The van der Waals surface area contributed by atoms with Gasteiger partial charge in [0, 0.05) is 17.6 Å². The molecule has 0 aliphatic carbocycles. The average molecular weight is 298 g/mol. The number of hydrogen-bond acceptors (Lipinski definition) is 3. The smallest absolute Gasteiger partial charge is 0.432 e. The Bertz CT molecular complexity index is 590. The number of carbonyl (C=O) groups excluding carboxylic acids is 1. The zero-order chi connectivity index (χ0) is 15.7. The van der Waals surface area contributed by atoms with E-state index in [1.807, 2.05) is 0 Å². The summed E-state index contributed by atoms with van der Waals surface area (Å²) in [6.07, 6.45) is -4.21. The highest BCUT2D eigenvalue weighted by Crippen LogP contribution is 2.50. The molecule has 21 heavy (non-hydrogen) atoms. The molecule has 112 valence electrons. The molecule has 3 nitrogen and oxygen atoms in total. The maximum atomic E-state index is 13.7. The molecule has 0 saturated heterocycles. The number of alkyl halides is 3. The van der Waals surface area contributed by atoms with E-state index in [9.17, 15) is 18.0 Å². The number of ether oxygens (including phenoxy) is 2. The Morgan fingerprint density at radius 1 is 1.33 bits per heavy atom. The fourth-order valence-corrected chi connectivity index (χ4v) is 2.26. The summed E-state index contributed by atoms with van der Waals surface area (Å²) in [6.45, 7) is 3.41. The Hall–Kier alpha value is -2.24. The van der Waals surface area contributed by atoms with Gasteiger partial charge in [-0.1, -0.05) is 36.9 Å². The Morgan fingerprint density at radius 3 is 2.48 bits per heavy atom. The standard InChI is InChI=1S/C15H13F3O3/c1-10-8-11(13(19)20-2)9-14(21-10,15(16,17)18)12-6-4-3-5-7-12/h3-8H,1,9H2,2H3. The minimum atomic E-state index is -4.72. The molecule has 1 heterocycles. The highest BCUT2D eigenvalue weighted by molar-refractivity contribution is 5.89. The van der Waals surface area contributed by atoms with Crippen LogP contribution < -0.4 is 0 Å². The van der Waals surface area contributed by atoms with E-state index >= 15 is 0 Å². The van der Waals surface area contributed by atoms with Crippen LogP contribution in [0.3, 0.4) is 0 Å². The van der Waals surface area contributed by atoms with Crippen molar-refractivity contribution in [2.45, 2.75) is 18.2 Å². The van der Waals surface area contributed by atoms with Gasteiger partial charge in [-0.2, -0.15) is 13.2 Å². The maximum Gasteiger partial charge on any atom is 0.432 e. The molecule has 1 aliphatic rings. The van der Waals surface area contributed by atoms with Crippen molar-refractivity contribution in [2.75, 3.05) is 7.11 Å². The largest absolute Gasteiger partial charge is 0.473 e. The van der Waals surface area contributed by atoms with E-state index < -0.39 is 24.2 Å².